The number of aromatic amines is 1. The molecule has 1 aliphatic rings. The number of aliphatic hydroxyl groups is 2. The number of anilines is 1. The first-order valence-corrected chi connectivity index (χ1v) is 8.43. The lowest BCUT2D eigenvalue weighted by atomic mass is 10.3. The summed E-state index contributed by atoms with van der Waals surface area (Å²) in [4.78, 5) is 21.3. The van der Waals surface area contributed by atoms with E-state index in [4.69, 9.17) is 15.9 Å². The molecule has 0 aliphatic heterocycles. The molecule has 0 unspecified atom stereocenters. The minimum Gasteiger partial charge on any atom is -0.400 e. The molecule has 2 heterocycles. The molecule has 0 aromatic carbocycles. The number of imidazole rings is 1. The van der Waals surface area contributed by atoms with Crippen LogP contribution < -0.4 is 11.3 Å². The number of aryl methyl sites for hydroxylation is 1. The van der Waals surface area contributed by atoms with Gasteiger partial charge in [0.05, 0.1) is 12.4 Å². The molecular formula is C17H33N5O3. The molecule has 0 spiro atoms. The maximum Gasteiger partial charge on any atom is 0.280 e. The third-order valence-corrected chi connectivity index (χ3v) is 2.94. The van der Waals surface area contributed by atoms with Crippen LogP contribution in [-0.4, -0.2) is 42.9 Å². The second-order valence-corrected chi connectivity index (χ2v) is 4.63. The summed E-state index contributed by atoms with van der Waals surface area (Å²) in [7, 11) is 2.75. The molecule has 0 saturated heterocycles. The number of nitrogens with zero attached hydrogens (tertiary/aromatic N) is 3. The summed E-state index contributed by atoms with van der Waals surface area (Å²) in [5.74, 6) is 0.108. The van der Waals surface area contributed by atoms with Gasteiger partial charge < -0.3 is 20.5 Å². The average Bonchev–Trinajstić information content (AvgIpc) is 3.19. The van der Waals surface area contributed by atoms with Crippen molar-refractivity contribution in [1.82, 2.24) is 19.5 Å². The van der Waals surface area contributed by atoms with Crippen LogP contribution in [0.15, 0.2) is 23.3 Å². The molecule has 0 bridgehead atoms. The smallest absolute Gasteiger partial charge is 0.280 e. The number of hydrogen-bond donors (Lipinski definition) is 4. The van der Waals surface area contributed by atoms with Gasteiger partial charge in [0.2, 0.25) is 5.95 Å². The van der Waals surface area contributed by atoms with Gasteiger partial charge in [-0.1, -0.05) is 39.8 Å². The first kappa shape index (κ1) is 25.1. The van der Waals surface area contributed by atoms with Gasteiger partial charge in [0.15, 0.2) is 11.2 Å². The summed E-state index contributed by atoms with van der Waals surface area (Å²) in [6, 6.07) is 0. The van der Waals surface area contributed by atoms with Crippen LogP contribution in [0.2, 0.25) is 0 Å². The van der Waals surface area contributed by atoms with Crippen molar-refractivity contribution in [3.63, 3.8) is 0 Å². The van der Waals surface area contributed by atoms with E-state index in [9.17, 15) is 4.79 Å². The van der Waals surface area contributed by atoms with E-state index in [1.165, 1.54) is 11.9 Å². The fraction of sp³-hybridized carbons (Fsp3) is 0.588. The molecule has 25 heavy (non-hydrogen) atoms. The van der Waals surface area contributed by atoms with Crippen LogP contribution in [0.25, 0.3) is 11.2 Å². The second kappa shape index (κ2) is 14.2. The molecule has 8 nitrogen and oxygen atoms in total. The number of hydrogen-bond acceptors (Lipinski definition) is 6. The molecule has 3 rings (SSSR count). The Morgan fingerprint density at radius 1 is 1.32 bits per heavy atom. The summed E-state index contributed by atoms with van der Waals surface area (Å²) in [5, 5.41) is 15.8. The predicted molar refractivity (Wildman–Crippen MR) is 103 cm³/mol. The third kappa shape index (κ3) is 8.46. The van der Waals surface area contributed by atoms with E-state index in [1.807, 2.05) is 27.7 Å². The van der Waals surface area contributed by atoms with Gasteiger partial charge in [-0.3, -0.25) is 9.78 Å². The Balaban J connectivity index is 0. The van der Waals surface area contributed by atoms with Gasteiger partial charge in [0.1, 0.15) is 0 Å². The minimum absolute atomic E-state index is 0.0764. The zero-order valence-corrected chi connectivity index (χ0v) is 16.2. The van der Waals surface area contributed by atoms with Gasteiger partial charge >= 0.3 is 0 Å². The molecule has 0 amide bonds. The Morgan fingerprint density at radius 3 is 2.28 bits per heavy atom. The number of nitrogens with one attached hydrogen (secondary N) is 1. The Morgan fingerprint density at radius 2 is 1.88 bits per heavy atom. The Hall–Kier alpha value is -2.19. The summed E-state index contributed by atoms with van der Waals surface area (Å²) in [6.45, 7) is 11.7. The third-order valence-electron chi connectivity index (χ3n) is 2.94. The van der Waals surface area contributed by atoms with Crippen LogP contribution in [0.3, 0.4) is 0 Å². The second-order valence-electron chi connectivity index (χ2n) is 4.63. The molecular weight excluding hydrogens is 322 g/mol. The average molecular weight is 355 g/mol. The van der Waals surface area contributed by atoms with Crippen LogP contribution in [0.5, 0.6) is 0 Å². The quantitative estimate of drug-likeness (QED) is 0.535. The molecule has 1 aliphatic carbocycles. The van der Waals surface area contributed by atoms with Gasteiger partial charge in [-0.2, -0.15) is 4.98 Å². The molecule has 2 aromatic heterocycles. The lowest BCUT2D eigenvalue weighted by Crippen LogP contribution is -2.11. The van der Waals surface area contributed by atoms with Crippen molar-refractivity contribution in [2.24, 2.45) is 7.05 Å². The highest BCUT2D eigenvalue weighted by molar-refractivity contribution is 5.70. The highest BCUT2D eigenvalue weighted by Gasteiger charge is 2.13. The van der Waals surface area contributed by atoms with Crippen LogP contribution in [0, 0.1) is 0 Å². The molecule has 144 valence electrons. The van der Waals surface area contributed by atoms with E-state index in [2.05, 4.69) is 21.5 Å². The predicted octanol–water partition coefficient (Wildman–Crippen LogP) is 1.99. The van der Waals surface area contributed by atoms with E-state index in [0.29, 0.717) is 11.2 Å². The first-order chi connectivity index (χ1) is 12.0. The van der Waals surface area contributed by atoms with Gasteiger partial charge in [0, 0.05) is 14.2 Å². The van der Waals surface area contributed by atoms with Crippen LogP contribution in [-0.2, 0) is 7.05 Å². The zero-order valence-electron chi connectivity index (χ0n) is 16.2. The van der Waals surface area contributed by atoms with E-state index >= 15 is 0 Å². The number of nitrogens with two attached hydrogens (primary N) is 1. The standard InChI is InChI=1S/C6H7N5O.C6H10O.2C2H6.CH4O/c1-11-2-8-3-4(11)9-6(7)10-5(3)12;1-5-2-3-6(7)4-5;3*1-2/h2H,1H3,(H3,7,9,10,12);6-7H,1-4H2;2*1-2H3;2H,1H3/t;6-;;;/m.0.../s1. The normalized spacial score (nSPS) is 14.7. The van der Waals surface area contributed by atoms with E-state index in [0.717, 1.165) is 26.4 Å². The summed E-state index contributed by atoms with van der Waals surface area (Å²) < 4.78 is 1.64. The van der Waals surface area contributed by atoms with E-state index in [1.54, 1.807) is 11.6 Å². The van der Waals surface area contributed by atoms with Crippen molar-refractivity contribution >= 4 is 17.1 Å². The lowest BCUT2D eigenvalue weighted by molar-refractivity contribution is 0.186. The lowest BCUT2D eigenvalue weighted by Gasteiger charge is -1.93. The van der Waals surface area contributed by atoms with Crippen LogP contribution in [0.1, 0.15) is 47.0 Å². The maximum atomic E-state index is 11.2. The highest BCUT2D eigenvalue weighted by atomic mass is 16.3. The Kier molecular flexibility index (Phi) is 14.2. The van der Waals surface area contributed by atoms with Crippen molar-refractivity contribution < 1.29 is 10.2 Å². The van der Waals surface area contributed by atoms with Crippen LogP contribution >= 0.6 is 0 Å². The number of rotatable bonds is 0. The Labute approximate surface area is 149 Å². The van der Waals surface area contributed by atoms with Gasteiger partial charge in [-0.25, -0.2) is 4.98 Å². The number of H-pyrrole nitrogens is 1. The number of nitrogen functional groups attached to an aromatic ring is 1. The highest BCUT2D eigenvalue weighted by Crippen LogP contribution is 2.21. The van der Waals surface area contributed by atoms with Gasteiger partial charge in [-0.15, -0.1) is 0 Å². The molecule has 1 saturated carbocycles. The van der Waals surface area contributed by atoms with Crippen molar-refractivity contribution in [3.05, 3.63) is 28.8 Å². The topological polar surface area (TPSA) is 130 Å². The number of aromatic nitrogens is 4. The first-order valence-electron chi connectivity index (χ1n) is 8.43. The molecule has 1 fully saturated rings. The molecule has 8 heteroatoms. The van der Waals surface area contributed by atoms with Crippen molar-refractivity contribution in [3.8, 4) is 0 Å². The van der Waals surface area contributed by atoms with Crippen molar-refractivity contribution in [1.29, 1.82) is 0 Å². The summed E-state index contributed by atoms with van der Waals surface area (Å²) >= 11 is 0. The van der Waals surface area contributed by atoms with E-state index in [-0.39, 0.29) is 17.6 Å². The van der Waals surface area contributed by atoms with Gasteiger partial charge in [0.25, 0.3) is 5.56 Å². The monoisotopic (exact) mass is 355 g/mol. The number of fused-ring (bicyclic) bond motifs is 1. The Bertz CT molecular complexity index is 664. The van der Waals surface area contributed by atoms with Gasteiger partial charge in [-0.05, 0) is 19.3 Å². The fourth-order valence-corrected chi connectivity index (χ4v) is 1.94. The molecule has 1 atom stereocenters. The molecule has 2 aromatic rings. The molecule has 5 N–H and O–H groups in total. The minimum atomic E-state index is -0.307. The maximum absolute atomic E-state index is 11.2. The van der Waals surface area contributed by atoms with Crippen molar-refractivity contribution in [2.45, 2.75) is 53.1 Å². The summed E-state index contributed by atoms with van der Waals surface area (Å²) in [5.41, 5.74) is 7.05. The number of aliphatic hydroxyl groups excluding tert-OH is 2. The zero-order chi connectivity index (χ0) is 20.0. The SMILES string of the molecule is C=C1CC[C@H](O)C1.CC.CC.CO.Cn1cnc2c(=O)[nH]c(N)nc21. The largest absolute Gasteiger partial charge is 0.400 e. The van der Waals surface area contributed by atoms with Crippen LogP contribution in [0.4, 0.5) is 5.95 Å². The fourth-order valence-electron chi connectivity index (χ4n) is 1.94. The van der Waals surface area contributed by atoms with Crippen molar-refractivity contribution in [2.75, 3.05) is 12.8 Å². The van der Waals surface area contributed by atoms with E-state index < -0.39 is 0 Å². The molecule has 0 radical (unpaired) electrons. The summed E-state index contributed by atoms with van der Waals surface area (Å²) in [6.07, 6.45) is 4.24.